The Kier molecular flexibility index (Phi) is 7.42. The van der Waals surface area contributed by atoms with Gasteiger partial charge in [0.2, 0.25) is 5.89 Å². The van der Waals surface area contributed by atoms with Crippen molar-refractivity contribution in [1.82, 2.24) is 25.0 Å². The predicted molar refractivity (Wildman–Crippen MR) is 127 cm³/mol. The molecule has 1 saturated heterocycles. The lowest BCUT2D eigenvalue weighted by Crippen LogP contribution is -2.51. The van der Waals surface area contributed by atoms with Gasteiger partial charge in [0.15, 0.2) is 5.58 Å². The molecule has 0 saturated carbocycles. The van der Waals surface area contributed by atoms with Crippen LogP contribution in [0, 0.1) is 5.82 Å². The number of amides is 3. The molecule has 0 radical (unpaired) electrons. The normalized spacial score (nSPS) is 14.4. The van der Waals surface area contributed by atoms with Gasteiger partial charge in [0.05, 0.1) is 6.54 Å². The van der Waals surface area contributed by atoms with E-state index in [1.165, 1.54) is 12.1 Å². The van der Waals surface area contributed by atoms with Gasteiger partial charge >= 0.3 is 6.03 Å². The number of nitrogens with zero attached hydrogens (tertiary/aromatic N) is 4. The number of aromatic nitrogens is 1. The van der Waals surface area contributed by atoms with Crippen LogP contribution in [0.25, 0.3) is 11.1 Å². The number of benzene rings is 2. The second-order valence-electron chi connectivity index (χ2n) is 8.32. The fraction of sp³-hybridized carbons (Fsp3) is 0.400. The Morgan fingerprint density at radius 1 is 1.06 bits per heavy atom. The number of carbonyl (C=O) groups excluding carboxylic acids is 2. The lowest BCUT2D eigenvalue weighted by atomic mass is 10.2. The summed E-state index contributed by atoms with van der Waals surface area (Å²) in [5, 5.41) is 2.89. The van der Waals surface area contributed by atoms with E-state index < -0.39 is 0 Å². The maximum absolute atomic E-state index is 13.0. The first-order valence-corrected chi connectivity index (χ1v) is 11.6. The lowest BCUT2D eigenvalue weighted by Gasteiger charge is -2.34. The average Bonchev–Trinajstić information content (AvgIpc) is 3.26. The Labute approximate surface area is 198 Å². The van der Waals surface area contributed by atoms with Crippen molar-refractivity contribution in [2.45, 2.75) is 26.9 Å². The van der Waals surface area contributed by atoms with Gasteiger partial charge in [0.25, 0.3) is 5.91 Å². The molecule has 8 nitrogen and oxygen atoms in total. The number of rotatable bonds is 7. The van der Waals surface area contributed by atoms with Crippen LogP contribution in [0.1, 0.15) is 35.7 Å². The summed E-state index contributed by atoms with van der Waals surface area (Å²) in [6.45, 7) is 8.74. The number of piperazine rings is 1. The van der Waals surface area contributed by atoms with E-state index in [0.717, 1.165) is 5.56 Å². The molecule has 1 aromatic heterocycles. The molecule has 0 unspecified atom stereocenters. The highest BCUT2D eigenvalue weighted by molar-refractivity contribution is 5.97. The first-order valence-electron chi connectivity index (χ1n) is 11.6. The van der Waals surface area contributed by atoms with E-state index in [4.69, 9.17) is 4.42 Å². The molecule has 0 bridgehead atoms. The molecule has 1 aliphatic rings. The van der Waals surface area contributed by atoms with Crippen molar-refractivity contribution in [1.29, 1.82) is 0 Å². The van der Waals surface area contributed by atoms with Gasteiger partial charge in [0.1, 0.15) is 11.3 Å². The van der Waals surface area contributed by atoms with Crippen LogP contribution in [0.15, 0.2) is 46.9 Å². The molecule has 0 aliphatic carbocycles. The molecule has 2 heterocycles. The number of halogens is 1. The SMILES string of the molecule is CCN(CC)C(=O)c1ccc2oc(CN3CCN(C(=O)NCc4ccc(F)cc4)CC3)nc2c1. The molecule has 4 rings (SSSR count). The van der Waals surface area contributed by atoms with E-state index in [2.05, 4.69) is 15.2 Å². The maximum atomic E-state index is 13.0. The van der Waals surface area contributed by atoms with Gasteiger partial charge in [-0.2, -0.15) is 0 Å². The van der Waals surface area contributed by atoms with E-state index in [-0.39, 0.29) is 17.8 Å². The fourth-order valence-corrected chi connectivity index (χ4v) is 4.06. The first kappa shape index (κ1) is 23.7. The van der Waals surface area contributed by atoms with Crippen LogP contribution in [0.3, 0.4) is 0 Å². The van der Waals surface area contributed by atoms with Crippen molar-refractivity contribution >= 4 is 23.0 Å². The number of fused-ring (bicyclic) bond motifs is 1. The summed E-state index contributed by atoms with van der Waals surface area (Å²) in [5.74, 6) is 0.292. The molecule has 1 aliphatic heterocycles. The first-order chi connectivity index (χ1) is 16.5. The largest absolute Gasteiger partial charge is 0.439 e. The number of urea groups is 1. The number of hydrogen-bond donors (Lipinski definition) is 1. The van der Waals surface area contributed by atoms with Crippen molar-refractivity contribution in [2.24, 2.45) is 0 Å². The van der Waals surface area contributed by atoms with Crippen molar-refractivity contribution in [3.8, 4) is 0 Å². The molecule has 0 spiro atoms. The van der Waals surface area contributed by atoms with Crippen LogP contribution < -0.4 is 5.32 Å². The van der Waals surface area contributed by atoms with E-state index in [1.807, 2.05) is 13.8 Å². The minimum Gasteiger partial charge on any atom is -0.439 e. The van der Waals surface area contributed by atoms with E-state index in [9.17, 15) is 14.0 Å². The molecule has 3 aromatic rings. The summed E-state index contributed by atoms with van der Waals surface area (Å²) in [4.78, 5) is 35.4. The summed E-state index contributed by atoms with van der Waals surface area (Å²) < 4.78 is 18.9. The van der Waals surface area contributed by atoms with Crippen LogP contribution in [0.4, 0.5) is 9.18 Å². The second-order valence-corrected chi connectivity index (χ2v) is 8.32. The van der Waals surface area contributed by atoms with Crippen LogP contribution >= 0.6 is 0 Å². The Hall–Kier alpha value is -3.46. The molecule has 0 atom stereocenters. The van der Waals surface area contributed by atoms with Crippen LogP contribution in [-0.4, -0.2) is 70.9 Å². The predicted octanol–water partition coefficient (Wildman–Crippen LogP) is 3.48. The third kappa shape index (κ3) is 5.53. The van der Waals surface area contributed by atoms with Crippen LogP contribution in [0.2, 0.25) is 0 Å². The molecular weight excluding hydrogens is 437 g/mol. The third-order valence-corrected chi connectivity index (χ3v) is 6.10. The van der Waals surface area contributed by atoms with Crippen molar-refractivity contribution < 1.29 is 18.4 Å². The summed E-state index contributed by atoms with van der Waals surface area (Å²) in [6, 6.07) is 11.3. The average molecular weight is 468 g/mol. The number of carbonyl (C=O) groups is 2. The summed E-state index contributed by atoms with van der Waals surface area (Å²) in [6.07, 6.45) is 0. The topological polar surface area (TPSA) is 81.9 Å². The molecule has 9 heteroatoms. The minimum absolute atomic E-state index is 0.00900. The smallest absolute Gasteiger partial charge is 0.317 e. The zero-order chi connectivity index (χ0) is 24.1. The van der Waals surface area contributed by atoms with E-state index >= 15 is 0 Å². The molecule has 2 aromatic carbocycles. The van der Waals surface area contributed by atoms with E-state index in [0.29, 0.717) is 74.9 Å². The quantitative estimate of drug-likeness (QED) is 0.575. The Morgan fingerprint density at radius 3 is 2.44 bits per heavy atom. The summed E-state index contributed by atoms with van der Waals surface area (Å²) >= 11 is 0. The van der Waals surface area contributed by atoms with E-state index in [1.54, 1.807) is 40.1 Å². The maximum Gasteiger partial charge on any atom is 0.317 e. The van der Waals surface area contributed by atoms with Crippen molar-refractivity contribution in [3.63, 3.8) is 0 Å². The number of hydrogen-bond acceptors (Lipinski definition) is 5. The highest BCUT2D eigenvalue weighted by Crippen LogP contribution is 2.20. The highest BCUT2D eigenvalue weighted by Gasteiger charge is 2.22. The monoisotopic (exact) mass is 467 g/mol. The van der Waals surface area contributed by atoms with Crippen molar-refractivity contribution in [3.05, 3.63) is 65.3 Å². The van der Waals surface area contributed by atoms with Crippen LogP contribution in [0.5, 0.6) is 0 Å². The second kappa shape index (κ2) is 10.6. The number of oxazole rings is 1. The molecule has 1 fully saturated rings. The lowest BCUT2D eigenvalue weighted by molar-refractivity contribution is 0.0773. The number of nitrogens with one attached hydrogen (secondary N) is 1. The van der Waals surface area contributed by atoms with Gasteiger partial charge in [0, 0.05) is 51.4 Å². The van der Waals surface area contributed by atoms with Crippen LogP contribution in [-0.2, 0) is 13.1 Å². The minimum atomic E-state index is -0.293. The van der Waals surface area contributed by atoms with Gasteiger partial charge in [-0.25, -0.2) is 14.2 Å². The van der Waals surface area contributed by atoms with Gasteiger partial charge in [-0.05, 0) is 49.7 Å². The molecular formula is C25H30FN5O3. The molecule has 3 amide bonds. The van der Waals surface area contributed by atoms with Gasteiger partial charge < -0.3 is 19.5 Å². The Morgan fingerprint density at radius 2 is 1.76 bits per heavy atom. The summed E-state index contributed by atoms with van der Waals surface area (Å²) in [5.41, 5.74) is 2.79. The Balaban J connectivity index is 1.29. The standard InChI is InChI=1S/C25H30FN5O3/c1-3-30(4-2)24(32)19-7-10-22-21(15-19)28-23(34-22)17-29-11-13-31(14-12-29)25(33)27-16-18-5-8-20(26)9-6-18/h5-10,15H,3-4,11-14,16-17H2,1-2H3,(H,27,33). The molecule has 34 heavy (non-hydrogen) atoms. The summed E-state index contributed by atoms with van der Waals surface area (Å²) in [7, 11) is 0. The zero-order valence-corrected chi connectivity index (χ0v) is 19.6. The fourth-order valence-electron chi connectivity index (χ4n) is 4.06. The zero-order valence-electron chi connectivity index (χ0n) is 19.6. The van der Waals surface area contributed by atoms with Gasteiger partial charge in [-0.3, -0.25) is 9.69 Å². The highest BCUT2D eigenvalue weighted by atomic mass is 19.1. The van der Waals surface area contributed by atoms with Gasteiger partial charge in [-0.15, -0.1) is 0 Å². The molecule has 180 valence electrons. The molecule has 1 N–H and O–H groups in total. The van der Waals surface area contributed by atoms with Gasteiger partial charge in [-0.1, -0.05) is 12.1 Å². The Bertz CT molecular complexity index is 1140. The third-order valence-electron chi connectivity index (χ3n) is 6.10. The van der Waals surface area contributed by atoms with Crippen molar-refractivity contribution in [2.75, 3.05) is 39.3 Å².